The zero-order valence-electron chi connectivity index (χ0n) is 9.18. The molecule has 0 saturated heterocycles. The molecule has 3 nitrogen and oxygen atoms in total. The lowest BCUT2D eigenvalue weighted by molar-refractivity contribution is 0.0600. The van der Waals surface area contributed by atoms with Crippen LogP contribution in [0.15, 0.2) is 47.1 Å². The SMILES string of the molecule is COC(=O)c1ccnc(-c2ccc(Br)cc2)c1. The zero-order chi connectivity index (χ0) is 12.3. The number of nitrogens with zero attached hydrogens (tertiary/aromatic N) is 1. The van der Waals surface area contributed by atoms with Gasteiger partial charge in [-0.3, -0.25) is 4.98 Å². The van der Waals surface area contributed by atoms with Crippen molar-refractivity contribution >= 4 is 21.9 Å². The van der Waals surface area contributed by atoms with Crippen LogP contribution < -0.4 is 0 Å². The summed E-state index contributed by atoms with van der Waals surface area (Å²) >= 11 is 3.37. The molecule has 0 aliphatic carbocycles. The molecule has 0 N–H and O–H groups in total. The van der Waals surface area contributed by atoms with E-state index in [-0.39, 0.29) is 5.97 Å². The number of halogens is 1. The number of aromatic nitrogens is 1. The van der Waals surface area contributed by atoms with Gasteiger partial charge in [0.2, 0.25) is 0 Å². The number of rotatable bonds is 2. The number of hydrogen-bond donors (Lipinski definition) is 0. The van der Waals surface area contributed by atoms with Gasteiger partial charge in [-0.25, -0.2) is 4.79 Å². The van der Waals surface area contributed by atoms with E-state index in [9.17, 15) is 4.79 Å². The lowest BCUT2D eigenvalue weighted by Crippen LogP contribution is -2.01. The molecule has 0 unspecified atom stereocenters. The van der Waals surface area contributed by atoms with Crippen LogP contribution in [-0.2, 0) is 4.74 Å². The molecule has 0 amide bonds. The van der Waals surface area contributed by atoms with Gasteiger partial charge in [0.15, 0.2) is 0 Å². The van der Waals surface area contributed by atoms with Crippen molar-refractivity contribution < 1.29 is 9.53 Å². The lowest BCUT2D eigenvalue weighted by atomic mass is 10.1. The third-order valence-corrected chi connectivity index (χ3v) is 2.85. The Morgan fingerprint density at radius 2 is 1.94 bits per heavy atom. The van der Waals surface area contributed by atoms with Crippen molar-refractivity contribution in [1.82, 2.24) is 4.98 Å². The summed E-state index contributed by atoms with van der Waals surface area (Å²) in [6.45, 7) is 0. The highest BCUT2D eigenvalue weighted by Gasteiger charge is 2.07. The lowest BCUT2D eigenvalue weighted by Gasteiger charge is -2.03. The van der Waals surface area contributed by atoms with Crippen LogP contribution in [0, 0.1) is 0 Å². The molecular weight excluding hydrogens is 282 g/mol. The second kappa shape index (κ2) is 5.10. The van der Waals surface area contributed by atoms with Gasteiger partial charge >= 0.3 is 5.97 Å². The summed E-state index contributed by atoms with van der Waals surface area (Å²) in [5, 5.41) is 0. The molecule has 0 spiro atoms. The largest absolute Gasteiger partial charge is 0.465 e. The Labute approximate surface area is 108 Å². The number of pyridine rings is 1. The molecule has 1 aromatic carbocycles. The molecule has 2 aromatic rings. The summed E-state index contributed by atoms with van der Waals surface area (Å²) in [4.78, 5) is 15.6. The average molecular weight is 292 g/mol. The monoisotopic (exact) mass is 291 g/mol. The van der Waals surface area contributed by atoms with Gasteiger partial charge in [-0.05, 0) is 24.3 Å². The number of carbonyl (C=O) groups is 1. The molecule has 0 fully saturated rings. The number of ether oxygens (including phenoxy) is 1. The Morgan fingerprint density at radius 3 is 2.59 bits per heavy atom. The van der Waals surface area contributed by atoms with E-state index in [1.54, 1.807) is 18.3 Å². The summed E-state index contributed by atoms with van der Waals surface area (Å²) in [6, 6.07) is 11.1. The van der Waals surface area contributed by atoms with Crippen LogP contribution in [-0.4, -0.2) is 18.1 Å². The second-order valence-corrected chi connectivity index (χ2v) is 4.34. The number of benzene rings is 1. The van der Waals surface area contributed by atoms with E-state index in [0.29, 0.717) is 5.56 Å². The summed E-state index contributed by atoms with van der Waals surface area (Å²) in [7, 11) is 1.36. The molecule has 0 atom stereocenters. The quantitative estimate of drug-likeness (QED) is 0.797. The van der Waals surface area contributed by atoms with Gasteiger partial charge in [-0.2, -0.15) is 0 Å². The minimum absolute atomic E-state index is 0.356. The molecule has 0 bridgehead atoms. The molecule has 0 aliphatic rings. The van der Waals surface area contributed by atoms with E-state index in [1.807, 2.05) is 24.3 Å². The third kappa shape index (κ3) is 2.71. The van der Waals surface area contributed by atoms with E-state index in [2.05, 4.69) is 25.7 Å². The van der Waals surface area contributed by atoms with Crippen molar-refractivity contribution in [2.24, 2.45) is 0 Å². The fraction of sp³-hybridized carbons (Fsp3) is 0.0769. The number of hydrogen-bond acceptors (Lipinski definition) is 3. The highest BCUT2D eigenvalue weighted by Crippen LogP contribution is 2.20. The van der Waals surface area contributed by atoms with Crippen molar-refractivity contribution in [3.8, 4) is 11.3 Å². The second-order valence-electron chi connectivity index (χ2n) is 3.43. The normalized spacial score (nSPS) is 10.0. The van der Waals surface area contributed by atoms with Crippen molar-refractivity contribution in [3.63, 3.8) is 0 Å². The third-order valence-electron chi connectivity index (χ3n) is 2.32. The van der Waals surface area contributed by atoms with Crippen LogP contribution in [0.4, 0.5) is 0 Å². The standard InChI is InChI=1S/C13H10BrNO2/c1-17-13(16)10-6-7-15-12(8-10)9-2-4-11(14)5-3-9/h2-8H,1H3. The summed E-state index contributed by atoms with van der Waals surface area (Å²) in [5.41, 5.74) is 2.21. The maximum Gasteiger partial charge on any atom is 0.337 e. The molecule has 0 aliphatic heterocycles. The van der Waals surface area contributed by atoms with E-state index < -0.39 is 0 Å². The van der Waals surface area contributed by atoms with Gasteiger partial charge in [-0.15, -0.1) is 0 Å². The van der Waals surface area contributed by atoms with Gasteiger partial charge in [-0.1, -0.05) is 28.1 Å². The number of carbonyl (C=O) groups excluding carboxylic acids is 1. The molecule has 86 valence electrons. The van der Waals surface area contributed by atoms with Crippen LogP contribution in [0.25, 0.3) is 11.3 Å². The van der Waals surface area contributed by atoms with Gasteiger partial charge < -0.3 is 4.74 Å². The van der Waals surface area contributed by atoms with Gasteiger partial charge in [0.05, 0.1) is 18.4 Å². The summed E-state index contributed by atoms with van der Waals surface area (Å²) in [5.74, 6) is -0.356. The minimum Gasteiger partial charge on any atom is -0.465 e. The summed E-state index contributed by atoms with van der Waals surface area (Å²) in [6.07, 6.45) is 1.60. The van der Waals surface area contributed by atoms with Crippen molar-refractivity contribution in [2.45, 2.75) is 0 Å². The van der Waals surface area contributed by atoms with Crippen molar-refractivity contribution in [1.29, 1.82) is 0 Å². The van der Waals surface area contributed by atoms with Crippen LogP contribution in [0.5, 0.6) is 0 Å². The van der Waals surface area contributed by atoms with Gasteiger partial charge in [0, 0.05) is 16.2 Å². The first-order valence-corrected chi connectivity index (χ1v) is 5.80. The Kier molecular flexibility index (Phi) is 3.54. The molecule has 0 saturated carbocycles. The van der Waals surface area contributed by atoms with Gasteiger partial charge in [0.1, 0.15) is 0 Å². The molecule has 1 heterocycles. The predicted molar refractivity (Wildman–Crippen MR) is 68.7 cm³/mol. The molecule has 1 aromatic heterocycles. The van der Waals surface area contributed by atoms with E-state index in [4.69, 9.17) is 0 Å². The molecule has 0 radical (unpaired) electrons. The van der Waals surface area contributed by atoms with Crippen LogP contribution in [0.1, 0.15) is 10.4 Å². The first-order valence-electron chi connectivity index (χ1n) is 5.01. The molecule has 17 heavy (non-hydrogen) atoms. The van der Waals surface area contributed by atoms with Crippen molar-refractivity contribution in [3.05, 3.63) is 52.6 Å². The fourth-order valence-corrected chi connectivity index (χ4v) is 1.72. The van der Waals surface area contributed by atoms with Crippen molar-refractivity contribution in [2.75, 3.05) is 7.11 Å². The average Bonchev–Trinajstić information content (AvgIpc) is 2.39. The van der Waals surface area contributed by atoms with E-state index in [0.717, 1.165) is 15.7 Å². The first kappa shape index (κ1) is 11.8. The van der Waals surface area contributed by atoms with E-state index >= 15 is 0 Å². The number of esters is 1. The maximum atomic E-state index is 11.4. The van der Waals surface area contributed by atoms with Gasteiger partial charge in [0.25, 0.3) is 0 Å². The predicted octanol–water partition coefficient (Wildman–Crippen LogP) is 3.30. The summed E-state index contributed by atoms with van der Waals surface area (Å²) < 4.78 is 5.68. The van der Waals surface area contributed by atoms with Crippen LogP contribution in [0.2, 0.25) is 0 Å². The number of methoxy groups -OCH3 is 1. The fourth-order valence-electron chi connectivity index (χ4n) is 1.45. The molecule has 4 heteroatoms. The topological polar surface area (TPSA) is 39.2 Å². The molecule has 2 rings (SSSR count). The smallest absolute Gasteiger partial charge is 0.337 e. The molecular formula is C13H10BrNO2. The Hall–Kier alpha value is -1.68. The first-order chi connectivity index (χ1) is 8.20. The van der Waals surface area contributed by atoms with Crippen LogP contribution in [0.3, 0.4) is 0 Å². The Balaban J connectivity index is 2.39. The Bertz CT molecular complexity index is 537. The Morgan fingerprint density at radius 1 is 1.24 bits per heavy atom. The highest BCUT2D eigenvalue weighted by atomic mass is 79.9. The van der Waals surface area contributed by atoms with Crippen LogP contribution >= 0.6 is 15.9 Å². The van der Waals surface area contributed by atoms with E-state index in [1.165, 1.54) is 7.11 Å². The highest BCUT2D eigenvalue weighted by molar-refractivity contribution is 9.10. The maximum absolute atomic E-state index is 11.4. The zero-order valence-corrected chi connectivity index (χ0v) is 10.8. The minimum atomic E-state index is -0.356.